The highest BCUT2D eigenvalue weighted by Gasteiger charge is 2.34. The molecule has 3 nitrogen and oxygen atoms in total. The van der Waals surface area contributed by atoms with Crippen LogP contribution in [-0.2, 0) is 6.18 Å². The van der Waals surface area contributed by atoms with Crippen LogP contribution >= 0.6 is 0 Å². The molecule has 0 fully saturated rings. The smallest absolute Gasteiger partial charge is 0.399 e. The first-order valence-corrected chi connectivity index (χ1v) is 6.62. The Balaban J connectivity index is 2.97. The van der Waals surface area contributed by atoms with Crippen molar-refractivity contribution in [1.29, 1.82) is 0 Å². The summed E-state index contributed by atoms with van der Waals surface area (Å²) < 4.78 is 39.3. The minimum Gasteiger partial charge on any atom is -0.399 e. The summed E-state index contributed by atoms with van der Waals surface area (Å²) in [6.45, 7) is 3.81. The molecule has 2 N–H and O–H groups in total. The number of nitrogens with zero attached hydrogens (tertiary/aromatic N) is 2. The minimum atomic E-state index is -4.39. The van der Waals surface area contributed by atoms with Gasteiger partial charge in [-0.25, -0.2) is 0 Å². The number of nitrogens with two attached hydrogens (primary N) is 1. The number of anilines is 2. The predicted octanol–water partition coefficient (Wildman–Crippen LogP) is 3.07. The Hall–Kier alpha value is -1.43. The molecule has 1 rings (SSSR count). The molecular formula is C14H22F3N3. The van der Waals surface area contributed by atoms with Crippen molar-refractivity contribution in [3.63, 3.8) is 0 Å². The van der Waals surface area contributed by atoms with Crippen molar-refractivity contribution in [2.45, 2.75) is 19.5 Å². The fourth-order valence-electron chi connectivity index (χ4n) is 2.08. The molecule has 0 aliphatic carbocycles. The van der Waals surface area contributed by atoms with E-state index in [-0.39, 0.29) is 11.4 Å². The van der Waals surface area contributed by atoms with Gasteiger partial charge >= 0.3 is 6.18 Å². The molecule has 0 saturated heterocycles. The van der Waals surface area contributed by atoms with E-state index in [1.807, 2.05) is 25.9 Å². The zero-order valence-electron chi connectivity index (χ0n) is 12.2. The molecule has 1 aromatic carbocycles. The van der Waals surface area contributed by atoms with E-state index in [1.165, 1.54) is 12.1 Å². The SMILES string of the molecule is CCN(CCCN(C)C)c1ccc(N)cc1C(F)(F)F. The van der Waals surface area contributed by atoms with E-state index in [0.717, 1.165) is 19.0 Å². The molecule has 0 bridgehead atoms. The maximum atomic E-state index is 13.1. The first-order chi connectivity index (χ1) is 9.25. The minimum absolute atomic E-state index is 0.130. The lowest BCUT2D eigenvalue weighted by atomic mass is 10.1. The summed E-state index contributed by atoms with van der Waals surface area (Å²) in [5, 5.41) is 0. The lowest BCUT2D eigenvalue weighted by Gasteiger charge is -2.27. The van der Waals surface area contributed by atoms with Crippen molar-refractivity contribution in [1.82, 2.24) is 4.90 Å². The molecule has 0 saturated carbocycles. The summed E-state index contributed by atoms with van der Waals surface area (Å²) in [4.78, 5) is 3.76. The average Bonchev–Trinajstić information content (AvgIpc) is 2.34. The molecule has 0 amide bonds. The lowest BCUT2D eigenvalue weighted by Crippen LogP contribution is -2.29. The van der Waals surface area contributed by atoms with E-state index in [9.17, 15) is 13.2 Å². The summed E-state index contributed by atoms with van der Waals surface area (Å²) in [7, 11) is 3.89. The van der Waals surface area contributed by atoms with E-state index in [2.05, 4.69) is 0 Å². The Morgan fingerprint density at radius 2 is 1.80 bits per heavy atom. The number of alkyl halides is 3. The van der Waals surface area contributed by atoms with E-state index >= 15 is 0 Å². The van der Waals surface area contributed by atoms with Gasteiger partial charge in [0.2, 0.25) is 0 Å². The number of benzene rings is 1. The largest absolute Gasteiger partial charge is 0.418 e. The van der Waals surface area contributed by atoms with Crippen LogP contribution in [0.1, 0.15) is 18.9 Å². The fourth-order valence-corrected chi connectivity index (χ4v) is 2.08. The second-order valence-corrected chi connectivity index (χ2v) is 5.01. The number of nitrogen functional groups attached to an aromatic ring is 1. The summed E-state index contributed by atoms with van der Waals surface area (Å²) in [5.74, 6) is 0. The highest BCUT2D eigenvalue weighted by molar-refractivity contribution is 5.60. The molecule has 6 heteroatoms. The van der Waals surface area contributed by atoms with Gasteiger partial charge in [-0.05, 0) is 52.2 Å². The molecule has 0 heterocycles. The van der Waals surface area contributed by atoms with Gasteiger partial charge in [0, 0.05) is 24.5 Å². The highest BCUT2D eigenvalue weighted by atomic mass is 19.4. The van der Waals surface area contributed by atoms with Crippen LogP contribution in [0.4, 0.5) is 24.5 Å². The lowest BCUT2D eigenvalue weighted by molar-refractivity contribution is -0.137. The first kappa shape index (κ1) is 16.6. The van der Waals surface area contributed by atoms with Crippen LogP contribution in [0.2, 0.25) is 0 Å². The molecule has 0 aliphatic rings. The molecule has 0 spiro atoms. The normalized spacial score (nSPS) is 11.9. The third-order valence-electron chi connectivity index (χ3n) is 3.08. The third-order valence-corrected chi connectivity index (χ3v) is 3.08. The van der Waals surface area contributed by atoms with Crippen LogP contribution in [0.3, 0.4) is 0 Å². The van der Waals surface area contributed by atoms with Gasteiger partial charge in [0.1, 0.15) is 0 Å². The summed E-state index contributed by atoms with van der Waals surface area (Å²) in [6.07, 6.45) is -3.58. The van der Waals surface area contributed by atoms with Crippen LogP contribution < -0.4 is 10.6 Å². The van der Waals surface area contributed by atoms with Gasteiger partial charge in [-0.3, -0.25) is 0 Å². The average molecular weight is 289 g/mol. The van der Waals surface area contributed by atoms with E-state index < -0.39 is 11.7 Å². The Morgan fingerprint density at radius 1 is 1.15 bits per heavy atom. The van der Waals surface area contributed by atoms with Crippen molar-refractivity contribution >= 4 is 11.4 Å². The van der Waals surface area contributed by atoms with E-state index in [4.69, 9.17) is 5.73 Å². The Bertz CT molecular complexity index is 430. The van der Waals surface area contributed by atoms with Crippen LogP contribution in [-0.4, -0.2) is 38.6 Å². The summed E-state index contributed by atoms with van der Waals surface area (Å²) in [5.41, 5.74) is 5.15. The fraction of sp³-hybridized carbons (Fsp3) is 0.571. The second-order valence-electron chi connectivity index (χ2n) is 5.01. The van der Waals surface area contributed by atoms with E-state index in [1.54, 1.807) is 4.90 Å². The first-order valence-electron chi connectivity index (χ1n) is 6.62. The van der Waals surface area contributed by atoms with Crippen molar-refractivity contribution in [3.8, 4) is 0 Å². The molecule has 1 aromatic rings. The van der Waals surface area contributed by atoms with Crippen molar-refractivity contribution in [2.24, 2.45) is 0 Å². The maximum absolute atomic E-state index is 13.1. The summed E-state index contributed by atoms with van der Waals surface area (Å²) in [6, 6.07) is 3.97. The summed E-state index contributed by atoms with van der Waals surface area (Å²) >= 11 is 0. The van der Waals surface area contributed by atoms with Gasteiger partial charge in [-0.15, -0.1) is 0 Å². The second kappa shape index (κ2) is 6.83. The Labute approximate surface area is 118 Å². The molecule has 0 atom stereocenters. The molecule has 0 radical (unpaired) electrons. The monoisotopic (exact) mass is 289 g/mol. The molecule has 0 aromatic heterocycles. The third kappa shape index (κ3) is 4.59. The Kier molecular flexibility index (Phi) is 5.68. The van der Waals surface area contributed by atoms with Gasteiger partial charge in [-0.1, -0.05) is 0 Å². The van der Waals surface area contributed by atoms with Crippen molar-refractivity contribution < 1.29 is 13.2 Å². The molecule has 20 heavy (non-hydrogen) atoms. The zero-order chi connectivity index (χ0) is 15.3. The van der Waals surface area contributed by atoms with Gasteiger partial charge in [0.05, 0.1) is 5.56 Å². The number of rotatable bonds is 6. The van der Waals surface area contributed by atoms with Gasteiger partial charge < -0.3 is 15.5 Å². The van der Waals surface area contributed by atoms with E-state index in [0.29, 0.717) is 13.1 Å². The Morgan fingerprint density at radius 3 is 2.30 bits per heavy atom. The van der Waals surface area contributed by atoms with Gasteiger partial charge in [-0.2, -0.15) is 13.2 Å². The predicted molar refractivity (Wildman–Crippen MR) is 76.9 cm³/mol. The van der Waals surface area contributed by atoms with Crippen LogP contribution in [0, 0.1) is 0 Å². The standard InChI is InChI=1S/C14H22F3N3/c1-4-20(9-5-8-19(2)3)13-7-6-11(18)10-12(13)14(15,16)17/h6-7,10H,4-5,8-9,18H2,1-3H3. The van der Waals surface area contributed by atoms with Gasteiger partial charge in [0.25, 0.3) is 0 Å². The van der Waals surface area contributed by atoms with Crippen LogP contribution in [0.15, 0.2) is 18.2 Å². The number of hydrogen-bond acceptors (Lipinski definition) is 3. The number of hydrogen-bond donors (Lipinski definition) is 1. The number of halogens is 3. The van der Waals surface area contributed by atoms with Crippen molar-refractivity contribution in [2.75, 3.05) is 44.4 Å². The van der Waals surface area contributed by atoms with Gasteiger partial charge in [0.15, 0.2) is 0 Å². The molecule has 114 valence electrons. The van der Waals surface area contributed by atoms with Crippen molar-refractivity contribution in [3.05, 3.63) is 23.8 Å². The zero-order valence-corrected chi connectivity index (χ0v) is 12.2. The van der Waals surface area contributed by atoms with Crippen LogP contribution in [0.5, 0.6) is 0 Å². The van der Waals surface area contributed by atoms with Crippen LogP contribution in [0.25, 0.3) is 0 Å². The molecular weight excluding hydrogens is 267 g/mol. The molecule has 0 aliphatic heterocycles. The quantitative estimate of drug-likeness (QED) is 0.817. The topological polar surface area (TPSA) is 32.5 Å². The maximum Gasteiger partial charge on any atom is 0.418 e. The molecule has 0 unspecified atom stereocenters. The highest BCUT2D eigenvalue weighted by Crippen LogP contribution is 2.37.